The van der Waals surface area contributed by atoms with Gasteiger partial charge in [0.2, 0.25) is 0 Å². The maximum Gasteiger partial charge on any atom is 0.0770 e. The molecule has 2 fully saturated rings. The van der Waals surface area contributed by atoms with Crippen LogP contribution in [0.15, 0.2) is 34.5 Å². The van der Waals surface area contributed by atoms with E-state index in [1.54, 1.807) is 0 Å². The summed E-state index contributed by atoms with van der Waals surface area (Å²) in [6, 6.07) is 0.850. The fourth-order valence-electron chi connectivity index (χ4n) is 5.48. The van der Waals surface area contributed by atoms with E-state index in [1.807, 2.05) is 0 Å². The van der Waals surface area contributed by atoms with Crippen LogP contribution < -0.4 is 0 Å². The van der Waals surface area contributed by atoms with Crippen LogP contribution in [0.4, 0.5) is 0 Å². The Balaban J connectivity index is 1.71. The molecule has 1 heterocycles. The molecule has 3 aliphatic rings. The van der Waals surface area contributed by atoms with Crippen LogP contribution in [0.25, 0.3) is 0 Å². The van der Waals surface area contributed by atoms with Crippen LogP contribution in [0.3, 0.4) is 0 Å². The first-order valence-corrected chi connectivity index (χ1v) is 12.6. The zero-order valence-electron chi connectivity index (χ0n) is 18.2. The lowest BCUT2D eigenvalue weighted by atomic mass is 9.84. The molecule has 0 aromatic heterocycles. The molecule has 3 rings (SSSR count). The summed E-state index contributed by atoms with van der Waals surface area (Å²) >= 11 is 0. The van der Waals surface area contributed by atoms with E-state index in [0.29, 0.717) is 12.1 Å². The third-order valence-corrected chi connectivity index (χ3v) is 7.34. The van der Waals surface area contributed by atoms with E-state index < -0.39 is 0 Å². The Kier molecular flexibility index (Phi) is 10.4. The van der Waals surface area contributed by atoms with Crippen molar-refractivity contribution in [2.75, 3.05) is 0 Å². The zero-order valence-corrected chi connectivity index (χ0v) is 18.2. The summed E-state index contributed by atoms with van der Waals surface area (Å²) in [5, 5.41) is 10.2. The van der Waals surface area contributed by atoms with Crippen molar-refractivity contribution in [1.29, 1.82) is 0 Å². The van der Waals surface area contributed by atoms with Gasteiger partial charge in [0, 0.05) is 0 Å². The Morgan fingerprint density at radius 3 is 1.18 bits per heavy atom. The molecule has 0 amide bonds. The molecule has 2 unspecified atom stereocenters. The summed E-state index contributed by atoms with van der Waals surface area (Å²) in [5.74, 6) is 1.51. The molecule has 2 saturated carbocycles. The van der Waals surface area contributed by atoms with Crippen LogP contribution in [-0.4, -0.2) is 12.1 Å². The lowest BCUT2D eigenvalue weighted by molar-refractivity contribution is 0.292. The van der Waals surface area contributed by atoms with Gasteiger partial charge in [-0.1, -0.05) is 88.5 Å². The Morgan fingerprint density at radius 1 is 0.429 bits per heavy atom. The summed E-state index contributed by atoms with van der Waals surface area (Å²) in [4.78, 5) is 0. The van der Waals surface area contributed by atoms with Gasteiger partial charge >= 0.3 is 0 Å². The Bertz CT molecular complexity index is 433. The van der Waals surface area contributed by atoms with Gasteiger partial charge in [-0.2, -0.15) is 10.2 Å². The lowest BCUT2D eigenvalue weighted by Gasteiger charge is -2.27. The maximum absolute atomic E-state index is 5.10. The van der Waals surface area contributed by atoms with Crippen molar-refractivity contribution in [1.82, 2.24) is 0 Å². The molecular formula is C26H44N2. The fraction of sp³-hybridized carbons (Fsp3) is 0.846. The summed E-state index contributed by atoms with van der Waals surface area (Å²) in [5.41, 5.74) is 0. The molecule has 0 aromatic carbocycles. The average Bonchev–Trinajstić information content (AvgIpc) is 2.63. The number of hydrogen-bond donors (Lipinski definition) is 0. The minimum absolute atomic E-state index is 0.425. The molecule has 1 aliphatic heterocycles. The van der Waals surface area contributed by atoms with Gasteiger partial charge < -0.3 is 0 Å². The number of allylic oxidation sites excluding steroid dienone is 2. The number of nitrogens with zero attached hydrogens (tertiary/aromatic N) is 2. The fourth-order valence-corrected chi connectivity index (χ4v) is 5.48. The standard InChI is InChI=1S/C26H44N2/c1-2-10-16-22-26(24-19-13-7-4-8-14-20-24)28-27-25(21-15-9-1)23-17-11-5-3-6-12-18-23/h9-10,15-16,23-26H,1-8,11-14,17-22H2/b15-9+,16-10?,28-27?. The van der Waals surface area contributed by atoms with Crippen LogP contribution >= 0.6 is 0 Å². The van der Waals surface area contributed by atoms with E-state index in [-0.39, 0.29) is 0 Å². The van der Waals surface area contributed by atoms with Crippen LogP contribution in [-0.2, 0) is 0 Å². The van der Waals surface area contributed by atoms with Crippen LogP contribution in [0, 0.1) is 11.8 Å². The molecule has 2 aliphatic carbocycles. The molecule has 0 saturated heterocycles. The monoisotopic (exact) mass is 384 g/mol. The van der Waals surface area contributed by atoms with Gasteiger partial charge in [0.1, 0.15) is 0 Å². The first kappa shape index (κ1) is 21.8. The van der Waals surface area contributed by atoms with Crippen LogP contribution in [0.5, 0.6) is 0 Å². The van der Waals surface area contributed by atoms with E-state index in [1.165, 1.54) is 103 Å². The lowest BCUT2D eigenvalue weighted by Crippen LogP contribution is -2.22. The van der Waals surface area contributed by atoms with Gasteiger partial charge in [0.15, 0.2) is 0 Å². The predicted molar refractivity (Wildman–Crippen MR) is 121 cm³/mol. The first-order valence-electron chi connectivity index (χ1n) is 12.6. The third-order valence-electron chi connectivity index (χ3n) is 7.34. The van der Waals surface area contributed by atoms with Crippen molar-refractivity contribution in [3.8, 4) is 0 Å². The highest BCUT2D eigenvalue weighted by Gasteiger charge is 2.24. The third kappa shape index (κ3) is 7.84. The highest BCUT2D eigenvalue weighted by molar-refractivity contribution is 4.95. The molecule has 158 valence electrons. The van der Waals surface area contributed by atoms with Crippen molar-refractivity contribution in [3.63, 3.8) is 0 Å². The maximum atomic E-state index is 5.10. The van der Waals surface area contributed by atoms with Gasteiger partial charge in [-0.05, 0) is 63.2 Å². The Morgan fingerprint density at radius 2 is 0.786 bits per heavy atom. The van der Waals surface area contributed by atoms with E-state index in [9.17, 15) is 0 Å². The average molecular weight is 385 g/mol. The highest BCUT2D eigenvalue weighted by Crippen LogP contribution is 2.32. The Labute approximate surface area is 174 Å². The minimum atomic E-state index is 0.425. The number of rotatable bonds is 2. The topological polar surface area (TPSA) is 24.7 Å². The van der Waals surface area contributed by atoms with Gasteiger partial charge in [0.05, 0.1) is 12.1 Å². The smallest absolute Gasteiger partial charge is 0.0770 e. The molecule has 2 heteroatoms. The molecule has 0 spiro atoms. The van der Waals surface area contributed by atoms with Crippen molar-refractivity contribution in [3.05, 3.63) is 24.3 Å². The summed E-state index contributed by atoms with van der Waals surface area (Å²) < 4.78 is 0. The number of hydrogen-bond acceptors (Lipinski definition) is 2. The summed E-state index contributed by atoms with van der Waals surface area (Å²) in [6.07, 6.45) is 33.8. The Hall–Kier alpha value is -0.920. The molecular weight excluding hydrogens is 340 g/mol. The SMILES string of the molecule is C1=CCC(C2CCCCCCC2)N=NC(C2CCCCCCC2)C/C=C/CC1. The van der Waals surface area contributed by atoms with E-state index in [4.69, 9.17) is 10.2 Å². The van der Waals surface area contributed by atoms with Crippen LogP contribution in [0.2, 0.25) is 0 Å². The summed E-state index contributed by atoms with van der Waals surface area (Å²) in [6.45, 7) is 0. The largest absolute Gasteiger partial charge is 0.190 e. The normalized spacial score (nSPS) is 31.6. The summed E-state index contributed by atoms with van der Waals surface area (Å²) in [7, 11) is 0. The molecule has 0 N–H and O–H groups in total. The predicted octanol–water partition coefficient (Wildman–Crippen LogP) is 8.58. The van der Waals surface area contributed by atoms with Crippen molar-refractivity contribution in [2.45, 2.75) is 128 Å². The quantitative estimate of drug-likeness (QED) is 0.426. The second-order valence-electron chi connectivity index (χ2n) is 9.57. The molecule has 0 radical (unpaired) electrons. The van der Waals surface area contributed by atoms with Gasteiger partial charge in [-0.25, -0.2) is 0 Å². The van der Waals surface area contributed by atoms with Gasteiger partial charge in [0.25, 0.3) is 0 Å². The zero-order chi connectivity index (χ0) is 19.3. The van der Waals surface area contributed by atoms with Crippen molar-refractivity contribution >= 4 is 0 Å². The van der Waals surface area contributed by atoms with Gasteiger partial charge in [-0.15, -0.1) is 0 Å². The molecule has 0 bridgehead atoms. The van der Waals surface area contributed by atoms with Crippen LogP contribution in [0.1, 0.15) is 116 Å². The number of azo groups is 1. The van der Waals surface area contributed by atoms with E-state index in [2.05, 4.69) is 24.3 Å². The van der Waals surface area contributed by atoms with Gasteiger partial charge in [-0.3, -0.25) is 0 Å². The highest BCUT2D eigenvalue weighted by atomic mass is 15.1. The van der Waals surface area contributed by atoms with Crippen molar-refractivity contribution < 1.29 is 0 Å². The molecule has 28 heavy (non-hydrogen) atoms. The minimum Gasteiger partial charge on any atom is -0.190 e. The van der Waals surface area contributed by atoms with E-state index in [0.717, 1.165) is 24.7 Å². The first-order chi connectivity index (χ1) is 13.9. The second-order valence-corrected chi connectivity index (χ2v) is 9.57. The van der Waals surface area contributed by atoms with E-state index >= 15 is 0 Å². The molecule has 2 atom stereocenters. The second kappa shape index (κ2) is 13.3. The van der Waals surface area contributed by atoms with Crippen molar-refractivity contribution in [2.24, 2.45) is 22.1 Å². The molecule has 0 aromatic rings. The molecule has 2 nitrogen and oxygen atoms in total.